The molecular formula is C9H20O3S. The average molecular weight is 208 g/mol. The second-order valence-electron chi connectivity index (χ2n) is 3.13. The van der Waals surface area contributed by atoms with Crippen molar-refractivity contribution in [1.82, 2.24) is 0 Å². The third-order valence-corrected chi connectivity index (χ3v) is 2.82. The molecule has 0 aromatic rings. The molecule has 5 atom stereocenters. The number of ether oxygens (including phenoxy) is 1. The molecule has 0 amide bonds. The van der Waals surface area contributed by atoms with Gasteiger partial charge in [-0.15, -0.1) is 12.6 Å². The molecule has 2 N–H and O–H groups in total. The van der Waals surface area contributed by atoms with Crippen LogP contribution < -0.4 is 0 Å². The highest BCUT2D eigenvalue weighted by molar-refractivity contribution is 7.80. The molecule has 1 aliphatic heterocycles. The van der Waals surface area contributed by atoms with Crippen LogP contribution in [-0.2, 0) is 4.74 Å². The highest BCUT2D eigenvalue weighted by Gasteiger charge is 2.37. The van der Waals surface area contributed by atoms with Crippen LogP contribution in [0.4, 0.5) is 0 Å². The zero-order valence-electron chi connectivity index (χ0n) is 8.64. The van der Waals surface area contributed by atoms with Crippen molar-refractivity contribution >= 4 is 12.6 Å². The summed E-state index contributed by atoms with van der Waals surface area (Å²) in [5.41, 5.74) is -0.559. The molecule has 1 aliphatic rings. The maximum absolute atomic E-state index is 9.42. The summed E-state index contributed by atoms with van der Waals surface area (Å²) in [5.74, 6) is -0.00495. The summed E-state index contributed by atoms with van der Waals surface area (Å²) in [5, 5.41) is 18.7. The largest absolute Gasteiger partial charge is 0.389 e. The Balaban J connectivity index is 0.000000671. The lowest BCUT2D eigenvalue weighted by Gasteiger charge is -2.38. The van der Waals surface area contributed by atoms with Crippen LogP contribution in [-0.4, -0.2) is 28.0 Å². The number of aliphatic hydroxyl groups excluding tert-OH is 2. The van der Waals surface area contributed by atoms with Crippen molar-refractivity contribution in [3.63, 3.8) is 0 Å². The molecule has 13 heavy (non-hydrogen) atoms. The molecule has 5 unspecified atom stereocenters. The van der Waals surface area contributed by atoms with Gasteiger partial charge in [-0.05, 0) is 5.92 Å². The molecule has 1 heterocycles. The molecule has 0 aromatic heterocycles. The van der Waals surface area contributed by atoms with Crippen LogP contribution >= 0.6 is 12.6 Å². The van der Waals surface area contributed by atoms with E-state index in [1.165, 1.54) is 0 Å². The smallest absolute Gasteiger partial charge is 0.159 e. The van der Waals surface area contributed by atoms with Gasteiger partial charge in [0, 0.05) is 5.92 Å². The fourth-order valence-electron chi connectivity index (χ4n) is 1.18. The molecule has 3 nitrogen and oxygen atoms in total. The first-order chi connectivity index (χ1) is 6.04. The number of hydrogen-bond acceptors (Lipinski definition) is 4. The molecule has 0 bridgehead atoms. The van der Waals surface area contributed by atoms with Gasteiger partial charge in [0.15, 0.2) is 6.29 Å². The zero-order valence-corrected chi connectivity index (χ0v) is 9.53. The second-order valence-corrected chi connectivity index (χ2v) is 3.63. The summed E-state index contributed by atoms with van der Waals surface area (Å²) in [6.07, 6.45) is -1.38. The van der Waals surface area contributed by atoms with Gasteiger partial charge in [0.2, 0.25) is 0 Å². The molecule has 1 saturated heterocycles. The van der Waals surface area contributed by atoms with E-state index in [1.807, 2.05) is 27.7 Å². The molecule has 0 spiro atoms. The molecule has 0 saturated carbocycles. The Kier molecular flexibility index (Phi) is 5.96. The summed E-state index contributed by atoms with van der Waals surface area (Å²) < 4.78 is 4.95. The molecule has 80 valence electrons. The molecule has 0 aliphatic carbocycles. The topological polar surface area (TPSA) is 49.7 Å². The number of thiol groups is 1. The van der Waals surface area contributed by atoms with Gasteiger partial charge < -0.3 is 14.9 Å². The fourth-order valence-corrected chi connectivity index (χ4v) is 1.57. The van der Waals surface area contributed by atoms with Crippen molar-refractivity contribution in [1.29, 1.82) is 0 Å². The quantitative estimate of drug-likeness (QED) is 0.525. The molecular weight excluding hydrogens is 188 g/mol. The van der Waals surface area contributed by atoms with E-state index >= 15 is 0 Å². The van der Waals surface area contributed by atoms with Gasteiger partial charge in [-0.2, -0.15) is 0 Å². The fraction of sp³-hybridized carbons (Fsp3) is 1.00. The summed E-state index contributed by atoms with van der Waals surface area (Å²) in [4.78, 5) is 0. The average Bonchev–Trinajstić information content (AvgIpc) is 2.15. The predicted molar refractivity (Wildman–Crippen MR) is 55.5 cm³/mol. The van der Waals surface area contributed by atoms with Gasteiger partial charge >= 0.3 is 0 Å². The van der Waals surface area contributed by atoms with Gasteiger partial charge in [-0.1, -0.05) is 27.7 Å². The van der Waals surface area contributed by atoms with E-state index in [-0.39, 0.29) is 11.8 Å². The predicted octanol–water partition coefficient (Wildman–Crippen LogP) is 1.25. The highest BCUT2D eigenvalue weighted by Crippen LogP contribution is 2.30. The van der Waals surface area contributed by atoms with Crippen LogP contribution in [0.3, 0.4) is 0 Å². The van der Waals surface area contributed by atoms with Crippen molar-refractivity contribution in [3.8, 4) is 0 Å². The summed E-state index contributed by atoms with van der Waals surface area (Å²) in [6, 6.07) is 0. The highest BCUT2D eigenvalue weighted by atomic mass is 32.1. The standard InChI is InChI=1S/C7H14O3S.C2H6/c1-3-4(2)6(9)10-7(11)5(3)8;1-2/h3-9,11H,1-2H3;1-2H3. The van der Waals surface area contributed by atoms with Crippen LogP contribution in [0, 0.1) is 11.8 Å². The lowest BCUT2D eigenvalue weighted by atomic mass is 9.88. The Morgan fingerprint density at radius 3 is 2.00 bits per heavy atom. The van der Waals surface area contributed by atoms with Gasteiger partial charge in [0.25, 0.3) is 0 Å². The van der Waals surface area contributed by atoms with E-state index in [2.05, 4.69) is 12.6 Å². The number of hydrogen-bond donors (Lipinski definition) is 3. The van der Waals surface area contributed by atoms with E-state index in [0.29, 0.717) is 0 Å². The first-order valence-corrected chi connectivity index (χ1v) is 5.25. The first-order valence-electron chi connectivity index (χ1n) is 4.73. The minimum Gasteiger partial charge on any atom is -0.389 e. The lowest BCUT2D eigenvalue weighted by Crippen LogP contribution is -2.46. The van der Waals surface area contributed by atoms with Crippen molar-refractivity contribution < 1.29 is 14.9 Å². The maximum Gasteiger partial charge on any atom is 0.159 e. The molecule has 0 radical (unpaired) electrons. The monoisotopic (exact) mass is 208 g/mol. The normalized spacial score (nSPS) is 45.0. The second kappa shape index (κ2) is 5.86. The minimum atomic E-state index is -0.795. The van der Waals surface area contributed by atoms with E-state index in [0.717, 1.165) is 0 Å². The van der Waals surface area contributed by atoms with Crippen LogP contribution in [0.1, 0.15) is 27.7 Å². The SMILES string of the molecule is CC.CC1C(O)OC(S)C(O)C1C. The molecule has 1 rings (SSSR count). The van der Waals surface area contributed by atoms with Gasteiger partial charge in [-0.3, -0.25) is 0 Å². The zero-order chi connectivity index (χ0) is 10.6. The maximum atomic E-state index is 9.42. The minimum absolute atomic E-state index is 0.0289. The lowest BCUT2D eigenvalue weighted by molar-refractivity contribution is -0.216. The number of aliphatic hydroxyl groups is 2. The Morgan fingerprint density at radius 1 is 1.08 bits per heavy atom. The Bertz CT molecular complexity index is 129. The molecule has 4 heteroatoms. The number of rotatable bonds is 0. The van der Waals surface area contributed by atoms with Crippen LogP contribution in [0.2, 0.25) is 0 Å². The summed E-state index contributed by atoms with van der Waals surface area (Å²) >= 11 is 3.98. The van der Waals surface area contributed by atoms with Gasteiger partial charge in [-0.25, -0.2) is 0 Å². The van der Waals surface area contributed by atoms with E-state index in [1.54, 1.807) is 0 Å². The van der Waals surface area contributed by atoms with Crippen LogP contribution in [0.25, 0.3) is 0 Å². The van der Waals surface area contributed by atoms with Gasteiger partial charge in [0.05, 0.1) is 6.10 Å². The van der Waals surface area contributed by atoms with Crippen molar-refractivity contribution in [2.45, 2.75) is 45.5 Å². The van der Waals surface area contributed by atoms with Crippen molar-refractivity contribution in [3.05, 3.63) is 0 Å². The first kappa shape index (κ1) is 13.2. The Hall–Kier alpha value is 0.230. The third-order valence-electron chi connectivity index (χ3n) is 2.39. The Morgan fingerprint density at radius 2 is 1.54 bits per heavy atom. The van der Waals surface area contributed by atoms with Crippen LogP contribution in [0.15, 0.2) is 0 Å². The summed E-state index contributed by atoms with van der Waals surface area (Å²) in [6.45, 7) is 7.72. The van der Waals surface area contributed by atoms with E-state index in [9.17, 15) is 10.2 Å². The third kappa shape index (κ3) is 3.13. The van der Waals surface area contributed by atoms with Gasteiger partial charge in [0.1, 0.15) is 5.44 Å². The molecule has 1 fully saturated rings. The molecule has 0 aromatic carbocycles. The van der Waals surface area contributed by atoms with E-state index in [4.69, 9.17) is 4.74 Å². The van der Waals surface area contributed by atoms with E-state index < -0.39 is 17.8 Å². The van der Waals surface area contributed by atoms with Crippen LogP contribution in [0.5, 0.6) is 0 Å². The summed E-state index contributed by atoms with van der Waals surface area (Å²) in [7, 11) is 0. The van der Waals surface area contributed by atoms with Crippen molar-refractivity contribution in [2.24, 2.45) is 11.8 Å². The Labute approximate surface area is 85.5 Å². The van der Waals surface area contributed by atoms with Crippen molar-refractivity contribution in [2.75, 3.05) is 0 Å².